The Hall–Kier alpha value is -6.38. The number of benzene rings is 5. The first-order valence-electron chi connectivity index (χ1n) is 16.8. The monoisotopic (exact) mass is 798 g/mol. The number of hydrogen-bond acceptors (Lipinski definition) is 12. The molecule has 0 fully saturated rings. The number of aryl methyl sites for hydroxylation is 2. The van der Waals surface area contributed by atoms with Gasteiger partial charge < -0.3 is 27.3 Å². The van der Waals surface area contributed by atoms with Crippen LogP contribution < -0.4 is 27.3 Å². The Morgan fingerprint density at radius 3 is 1.14 bits per heavy atom. The highest BCUT2D eigenvalue weighted by Crippen LogP contribution is 2.36. The van der Waals surface area contributed by atoms with Crippen LogP contribution in [0.1, 0.15) is 43.0 Å². The summed E-state index contributed by atoms with van der Waals surface area (Å²) in [6, 6.07) is 23.2. The van der Waals surface area contributed by atoms with Crippen molar-refractivity contribution < 1.29 is 53.7 Å². The molecular weight excluding hydrogens is 761 g/mol. The van der Waals surface area contributed by atoms with Crippen LogP contribution in [0, 0.1) is 13.8 Å². The maximum Gasteiger partial charge on any atom is 0.339 e. The van der Waals surface area contributed by atoms with E-state index in [1.165, 1.54) is 64.9 Å². The fourth-order valence-corrected chi connectivity index (χ4v) is 7.14. The third-order valence-electron chi connectivity index (χ3n) is 8.30. The average molecular weight is 799 g/mol. The molecule has 0 N–H and O–H groups in total. The van der Waals surface area contributed by atoms with Gasteiger partial charge >= 0.3 is 20.2 Å². The van der Waals surface area contributed by atoms with Gasteiger partial charge in [0.05, 0.1) is 39.6 Å². The van der Waals surface area contributed by atoms with Crippen LogP contribution in [0.15, 0.2) is 119 Å². The third kappa shape index (κ3) is 9.64. The highest BCUT2D eigenvalue weighted by molar-refractivity contribution is 7.87. The quantitative estimate of drug-likeness (QED) is 0.0546. The van der Waals surface area contributed by atoms with Crippen LogP contribution in [-0.2, 0) is 20.2 Å². The molecule has 0 unspecified atom stereocenters. The zero-order chi connectivity index (χ0) is 40.6. The van der Waals surface area contributed by atoms with Gasteiger partial charge in [0.15, 0.2) is 46.1 Å². The molecule has 0 bridgehead atoms. The molecule has 5 aromatic rings. The Kier molecular flexibility index (Phi) is 12.7. The SMILES string of the molecule is COc1ccc(/C=C/C(=O)c2cc(C(=O)/C=C/c3ccc(OC)c(OC)c3)c(OS(=O)(=O)c3ccc(C)cc3)cc2OS(=O)(=O)c2ccc(C)cc2)cc1OC. The molecule has 0 aliphatic rings. The number of ether oxygens (including phenoxy) is 4. The van der Waals surface area contributed by atoms with E-state index in [1.807, 2.05) is 0 Å². The molecule has 0 saturated carbocycles. The highest BCUT2D eigenvalue weighted by atomic mass is 32.2. The molecule has 5 aromatic carbocycles. The molecule has 0 heterocycles. The molecule has 0 aliphatic carbocycles. The lowest BCUT2D eigenvalue weighted by Crippen LogP contribution is -2.16. The summed E-state index contributed by atoms with van der Waals surface area (Å²) in [6.45, 7) is 3.54. The van der Waals surface area contributed by atoms with Gasteiger partial charge in [-0.2, -0.15) is 16.8 Å². The Morgan fingerprint density at radius 1 is 0.446 bits per heavy atom. The maximum atomic E-state index is 14.0. The number of carbonyl (C=O) groups excluding carboxylic acids is 2. The molecule has 0 amide bonds. The first kappa shape index (κ1) is 40.8. The van der Waals surface area contributed by atoms with Crippen LogP contribution in [0.2, 0.25) is 0 Å². The first-order chi connectivity index (χ1) is 26.7. The molecule has 0 spiro atoms. The van der Waals surface area contributed by atoms with E-state index in [0.29, 0.717) is 34.1 Å². The van der Waals surface area contributed by atoms with Crippen molar-refractivity contribution in [1.82, 2.24) is 0 Å². The molecule has 12 nitrogen and oxygen atoms in total. The topological polar surface area (TPSA) is 158 Å². The summed E-state index contributed by atoms with van der Waals surface area (Å²) in [6.07, 6.45) is 5.15. The summed E-state index contributed by atoms with van der Waals surface area (Å²) in [5.74, 6) is -1.09. The van der Waals surface area contributed by atoms with Gasteiger partial charge in [0.25, 0.3) is 0 Å². The van der Waals surface area contributed by atoms with E-state index in [9.17, 15) is 26.4 Å². The van der Waals surface area contributed by atoms with E-state index >= 15 is 0 Å². The van der Waals surface area contributed by atoms with Gasteiger partial charge in [-0.1, -0.05) is 59.7 Å². The lowest BCUT2D eigenvalue weighted by atomic mass is 10.0. The normalized spacial score (nSPS) is 11.7. The van der Waals surface area contributed by atoms with E-state index < -0.39 is 43.3 Å². The summed E-state index contributed by atoms with van der Waals surface area (Å²) in [4.78, 5) is 27.5. The largest absolute Gasteiger partial charge is 0.493 e. The zero-order valence-electron chi connectivity index (χ0n) is 31.3. The van der Waals surface area contributed by atoms with Gasteiger partial charge in [-0.25, -0.2) is 0 Å². The molecule has 0 saturated heterocycles. The summed E-state index contributed by atoms with van der Waals surface area (Å²) in [7, 11) is -3.36. The Labute approximate surface area is 325 Å². The molecule has 14 heteroatoms. The number of ketones is 2. The molecule has 0 aromatic heterocycles. The zero-order valence-corrected chi connectivity index (χ0v) is 32.9. The minimum Gasteiger partial charge on any atom is -0.493 e. The fraction of sp³-hybridized carbons (Fsp3) is 0.143. The molecule has 5 rings (SSSR count). The second-order valence-electron chi connectivity index (χ2n) is 12.2. The second-order valence-corrected chi connectivity index (χ2v) is 15.3. The lowest BCUT2D eigenvalue weighted by Gasteiger charge is -2.16. The number of methoxy groups -OCH3 is 4. The Morgan fingerprint density at radius 2 is 0.804 bits per heavy atom. The first-order valence-corrected chi connectivity index (χ1v) is 19.6. The van der Waals surface area contributed by atoms with Gasteiger partial charge in [0.2, 0.25) is 0 Å². The van der Waals surface area contributed by atoms with Crippen molar-refractivity contribution >= 4 is 44.0 Å². The standard InChI is InChI=1S/C42H38O12S2/c1-27-7-15-31(16-8-27)55(45,46)53-39-26-40(54-56(47,48)32-17-9-28(2)10-18-32)34(36(44)20-12-30-14-22-38(50-4)42(24-30)52-6)25-33(39)35(43)19-11-29-13-21-37(49-3)41(23-29)51-5/h7-26H,1-6H3/b19-11+,20-12+. The van der Waals surface area contributed by atoms with Crippen molar-refractivity contribution in [2.45, 2.75) is 23.6 Å². The minimum atomic E-state index is -4.61. The van der Waals surface area contributed by atoms with Gasteiger partial charge in [-0.15, -0.1) is 0 Å². The molecule has 56 heavy (non-hydrogen) atoms. The maximum absolute atomic E-state index is 14.0. The number of rotatable bonds is 16. The van der Waals surface area contributed by atoms with Crippen molar-refractivity contribution in [3.05, 3.63) is 143 Å². The van der Waals surface area contributed by atoms with Crippen LogP contribution >= 0.6 is 0 Å². The van der Waals surface area contributed by atoms with E-state index in [0.717, 1.165) is 35.4 Å². The van der Waals surface area contributed by atoms with Crippen LogP contribution in [-0.4, -0.2) is 56.8 Å². The molecule has 0 radical (unpaired) electrons. The predicted molar refractivity (Wildman–Crippen MR) is 210 cm³/mol. The molecule has 0 aliphatic heterocycles. The van der Waals surface area contributed by atoms with Gasteiger partial charge in [-0.05, 0) is 91.7 Å². The minimum absolute atomic E-state index is 0.241. The van der Waals surface area contributed by atoms with Crippen molar-refractivity contribution in [2.75, 3.05) is 28.4 Å². The molecular formula is C42H38O12S2. The summed E-state index contributed by atoms with van der Waals surface area (Å²) in [5, 5.41) is 0. The smallest absolute Gasteiger partial charge is 0.339 e. The highest BCUT2D eigenvalue weighted by Gasteiger charge is 2.28. The lowest BCUT2D eigenvalue weighted by molar-refractivity contribution is 0.104. The predicted octanol–water partition coefficient (Wildman–Crippen LogP) is 7.67. The summed E-state index contributed by atoms with van der Waals surface area (Å²) < 4.78 is 86.7. The Bertz CT molecular complexity index is 2360. The Balaban J connectivity index is 1.68. The third-order valence-corrected chi connectivity index (χ3v) is 10.8. The van der Waals surface area contributed by atoms with E-state index in [1.54, 1.807) is 74.5 Å². The second kappa shape index (κ2) is 17.4. The van der Waals surface area contributed by atoms with Crippen molar-refractivity contribution in [1.29, 1.82) is 0 Å². The number of carbonyl (C=O) groups is 2. The average Bonchev–Trinajstić information content (AvgIpc) is 3.18. The van der Waals surface area contributed by atoms with Crippen molar-refractivity contribution in [3.8, 4) is 34.5 Å². The summed E-state index contributed by atoms with van der Waals surface area (Å²) in [5.41, 5.74) is 1.82. The van der Waals surface area contributed by atoms with Gasteiger partial charge in [0.1, 0.15) is 9.79 Å². The van der Waals surface area contributed by atoms with Crippen LogP contribution in [0.25, 0.3) is 12.2 Å². The van der Waals surface area contributed by atoms with E-state index in [-0.39, 0.29) is 20.9 Å². The van der Waals surface area contributed by atoms with Crippen molar-refractivity contribution in [3.63, 3.8) is 0 Å². The van der Waals surface area contributed by atoms with Gasteiger partial charge in [0, 0.05) is 6.07 Å². The van der Waals surface area contributed by atoms with E-state index in [4.69, 9.17) is 27.3 Å². The molecule has 0 atom stereocenters. The van der Waals surface area contributed by atoms with Crippen LogP contribution in [0.3, 0.4) is 0 Å². The molecule has 290 valence electrons. The fourth-order valence-electron chi connectivity index (χ4n) is 5.26. The van der Waals surface area contributed by atoms with Crippen molar-refractivity contribution in [2.24, 2.45) is 0 Å². The van der Waals surface area contributed by atoms with E-state index in [2.05, 4.69) is 0 Å². The van der Waals surface area contributed by atoms with Crippen LogP contribution in [0.4, 0.5) is 0 Å². The van der Waals surface area contributed by atoms with Gasteiger partial charge in [-0.3, -0.25) is 9.59 Å². The number of allylic oxidation sites excluding steroid dienone is 2. The number of hydrogen-bond donors (Lipinski definition) is 0. The van der Waals surface area contributed by atoms with Crippen LogP contribution in [0.5, 0.6) is 34.5 Å². The summed E-state index contributed by atoms with van der Waals surface area (Å²) >= 11 is 0.